The molecule has 1 atom stereocenters. The zero-order valence-electron chi connectivity index (χ0n) is 9.84. The molecular formula is C12H12F3NO2. The number of ketones is 1. The number of nitrogens with one attached hydrogen (secondary N) is 1. The Morgan fingerprint density at radius 2 is 1.67 bits per heavy atom. The standard InChI is InChI=1S/C12H12F3NO2/c1-7-3-5-9(6-4-7)10(17)8(2)16-11(18)12(13,14)15/h3-6,8H,1-2H3,(H,16,18)/t8-/m0/s1. The van der Waals surface area contributed by atoms with E-state index in [1.54, 1.807) is 17.4 Å². The molecule has 0 heterocycles. The normalized spacial score (nSPS) is 12.9. The minimum Gasteiger partial charge on any atom is -0.338 e. The topological polar surface area (TPSA) is 46.2 Å². The summed E-state index contributed by atoms with van der Waals surface area (Å²) in [7, 11) is 0. The molecule has 0 aromatic heterocycles. The molecule has 0 saturated carbocycles. The maximum Gasteiger partial charge on any atom is 0.471 e. The molecule has 0 unspecified atom stereocenters. The van der Waals surface area contributed by atoms with Gasteiger partial charge in [0.2, 0.25) is 0 Å². The van der Waals surface area contributed by atoms with E-state index in [2.05, 4.69) is 0 Å². The summed E-state index contributed by atoms with van der Waals surface area (Å²) in [6.45, 7) is 3.04. The van der Waals surface area contributed by atoms with Gasteiger partial charge in [0, 0.05) is 5.56 Å². The van der Waals surface area contributed by atoms with E-state index in [1.807, 2.05) is 6.92 Å². The zero-order valence-corrected chi connectivity index (χ0v) is 9.84. The fraction of sp³-hybridized carbons (Fsp3) is 0.333. The second kappa shape index (κ2) is 5.20. The number of amides is 1. The monoisotopic (exact) mass is 259 g/mol. The van der Waals surface area contributed by atoms with E-state index in [9.17, 15) is 22.8 Å². The van der Waals surface area contributed by atoms with Crippen molar-refractivity contribution in [1.82, 2.24) is 5.32 Å². The Hall–Kier alpha value is -1.85. The number of hydrogen-bond donors (Lipinski definition) is 1. The average molecular weight is 259 g/mol. The number of alkyl halides is 3. The minimum atomic E-state index is -4.98. The number of Topliss-reactive ketones (excluding diaryl/α,β-unsaturated/α-hetero) is 1. The molecule has 0 saturated heterocycles. The van der Waals surface area contributed by atoms with Crippen molar-refractivity contribution in [2.75, 3.05) is 0 Å². The van der Waals surface area contributed by atoms with Crippen LogP contribution in [0, 0.1) is 6.92 Å². The van der Waals surface area contributed by atoms with Crippen molar-refractivity contribution in [3.63, 3.8) is 0 Å². The number of carbonyl (C=O) groups excluding carboxylic acids is 2. The second-order valence-electron chi connectivity index (χ2n) is 3.92. The van der Waals surface area contributed by atoms with Crippen LogP contribution < -0.4 is 5.32 Å². The first kappa shape index (κ1) is 14.2. The predicted molar refractivity (Wildman–Crippen MR) is 59.2 cm³/mol. The molecule has 1 aromatic rings. The highest BCUT2D eigenvalue weighted by Crippen LogP contribution is 2.15. The van der Waals surface area contributed by atoms with Crippen LogP contribution in [0.25, 0.3) is 0 Å². The molecule has 0 radical (unpaired) electrons. The molecule has 1 N–H and O–H groups in total. The van der Waals surface area contributed by atoms with Crippen LogP contribution in [-0.4, -0.2) is 23.9 Å². The lowest BCUT2D eigenvalue weighted by Gasteiger charge is -2.14. The Balaban J connectivity index is 2.73. The predicted octanol–water partition coefficient (Wildman–Crippen LogP) is 2.24. The van der Waals surface area contributed by atoms with Gasteiger partial charge in [-0.2, -0.15) is 13.2 Å². The number of halogens is 3. The highest BCUT2D eigenvalue weighted by atomic mass is 19.4. The van der Waals surface area contributed by atoms with Gasteiger partial charge in [0.1, 0.15) is 0 Å². The van der Waals surface area contributed by atoms with Crippen molar-refractivity contribution in [3.05, 3.63) is 35.4 Å². The van der Waals surface area contributed by atoms with Crippen LogP contribution in [0.4, 0.5) is 13.2 Å². The van der Waals surface area contributed by atoms with Crippen LogP contribution in [0.1, 0.15) is 22.8 Å². The van der Waals surface area contributed by atoms with Gasteiger partial charge < -0.3 is 5.32 Å². The summed E-state index contributed by atoms with van der Waals surface area (Å²) in [6.07, 6.45) is -4.98. The summed E-state index contributed by atoms with van der Waals surface area (Å²) < 4.78 is 36.0. The van der Waals surface area contributed by atoms with Crippen molar-refractivity contribution in [1.29, 1.82) is 0 Å². The molecule has 0 aliphatic heterocycles. The van der Waals surface area contributed by atoms with Gasteiger partial charge in [0.15, 0.2) is 5.78 Å². The van der Waals surface area contributed by atoms with Gasteiger partial charge in [0.05, 0.1) is 6.04 Å². The molecule has 1 amide bonds. The summed E-state index contributed by atoms with van der Waals surface area (Å²) >= 11 is 0. The highest BCUT2D eigenvalue weighted by Gasteiger charge is 2.40. The molecule has 0 fully saturated rings. The summed E-state index contributed by atoms with van der Waals surface area (Å²) in [6, 6.07) is 5.14. The molecule has 0 bridgehead atoms. The van der Waals surface area contributed by atoms with Crippen LogP contribution >= 0.6 is 0 Å². The van der Waals surface area contributed by atoms with E-state index in [4.69, 9.17) is 0 Å². The largest absolute Gasteiger partial charge is 0.471 e. The van der Waals surface area contributed by atoms with E-state index in [-0.39, 0.29) is 5.56 Å². The molecule has 18 heavy (non-hydrogen) atoms. The van der Waals surface area contributed by atoms with Crippen molar-refractivity contribution in [2.24, 2.45) is 0 Å². The number of rotatable bonds is 3. The van der Waals surface area contributed by atoms with Crippen LogP contribution in [-0.2, 0) is 4.79 Å². The van der Waals surface area contributed by atoms with Gasteiger partial charge in [-0.05, 0) is 13.8 Å². The first-order valence-corrected chi connectivity index (χ1v) is 5.20. The minimum absolute atomic E-state index is 0.260. The Morgan fingerprint density at radius 1 is 1.17 bits per heavy atom. The SMILES string of the molecule is Cc1ccc(C(=O)[C@H](C)NC(=O)C(F)(F)F)cc1. The molecular weight excluding hydrogens is 247 g/mol. The third kappa shape index (κ3) is 3.58. The first-order valence-electron chi connectivity index (χ1n) is 5.20. The number of benzene rings is 1. The smallest absolute Gasteiger partial charge is 0.338 e. The van der Waals surface area contributed by atoms with Gasteiger partial charge in [0.25, 0.3) is 0 Å². The summed E-state index contributed by atoms with van der Waals surface area (Å²) in [5.74, 6) is -2.68. The maximum atomic E-state index is 12.0. The summed E-state index contributed by atoms with van der Waals surface area (Å²) in [4.78, 5) is 22.4. The summed E-state index contributed by atoms with van der Waals surface area (Å²) in [5.41, 5.74) is 1.19. The van der Waals surface area contributed by atoms with Crippen LogP contribution in [0.2, 0.25) is 0 Å². The number of aryl methyl sites for hydroxylation is 1. The summed E-state index contributed by atoms with van der Waals surface area (Å²) in [5, 5.41) is 1.62. The Kier molecular flexibility index (Phi) is 4.11. The fourth-order valence-corrected chi connectivity index (χ4v) is 1.31. The van der Waals surface area contributed by atoms with E-state index in [0.29, 0.717) is 0 Å². The van der Waals surface area contributed by atoms with E-state index in [1.165, 1.54) is 19.1 Å². The maximum absolute atomic E-state index is 12.0. The van der Waals surface area contributed by atoms with Crippen molar-refractivity contribution in [3.8, 4) is 0 Å². The molecule has 0 aliphatic rings. The van der Waals surface area contributed by atoms with Gasteiger partial charge in [-0.15, -0.1) is 0 Å². The van der Waals surface area contributed by atoms with Crippen molar-refractivity contribution >= 4 is 11.7 Å². The Morgan fingerprint density at radius 3 is 2.11 bits per heavy atom. The zero-order chi connectivity index (χ0) is 13.9. The van der Waals surface area contributed by atoms with Gasteiger partial charge in [-0.3, -0.25) is 9.59 Å². The van der Waals surface area contributed by atoms with E-state index >= 15 is 0 Å². The molecule has 0 spiro atoms. The molecule has 1 rings (SSSR count). The quantitative estimate of drug-likeness (QED) is 0.846. The lowest BCUT2D eigenvalue weighted by Crippen LogP contribution is -2.45. The third-order valence-electron chi connectivity index (χ3n) is 2.33. The fourth-order valence-electron chi connectivity index (χ4n) is 1.31. The van der Waals surface area contributed by atoms with Gasteiger partial charge in [-0.1, -0.05) is 29.8 Å². The first-order chi connectivity index (χ1) is 8.21. The average Bonchev–Trinajstić information content (AvgIpc) is 2.27. The van der Waals surface area contributed by atoms with Gasteiger partial charge in [-0.25, -0.2) is 0 Å². The molecule has 98 valence electrons. The molecule has 3 nitrogen and oxygen atoms in total. The van der Waals surface area contributed by atoms with Crippen LogP contribution in [0.5, 0.6) is 0 Å². The van der Waals surface area contributed by atoms with Gasteiger partial charge >= 0.3 is 12.1 Å². The Bertz CT molecular complexity index is 451. The second-order valence-corrected chi connectivity index (χ2v) is 3.92. The van der Waals surface area contributed by atoms with Crippen molar-refractivity contribution in [2.45, 2.75) is 26.1 Å². The highest BCUT2D eigenvalue weighted by molar-refractivity contribution is 6.02. The van der Waals surface area contributed by atoms with E-state index in [0.717, 1.165) is 5.56 Å². The number of hydrogen-bond acceptors (Lipinski definition) is 2. The Labute approximate surface area is 102 Å². The third-order valence-corrected chi connectivity index (χ3v) is 2.33. The van der Waals surface area contributed by atoms with E-state index < -0.39 is 23.9 Å². The van der Waals surface area contributed by atoms with Crippen LogP contribution in [0.3, 0.4) is 0 Å². The lowest BCUT2D eigenvalue weighted by molar-refractivity contribution is -0.173. The lowest BCUT2D eigenvalue weighted by atomic mass is 10.0. The number of carbonyl (C=O) groups is 2. The molecule has 1 aromatic carbocycles. The van der Waals surface area contributed by atoms with Crippen LogP contribution in [0.15, 0.2) is 24.3 Å². The van der Waals surface area contributed by atoms with Crippen molar-refractivity contribution < 1.29 is 22.8 Å². The molecule has 0 aliphatic carbocycles. The molecule has 6 heteroatoms.